The molecule has 1 aromatic heterocycles. The minimum atomic E-state index is -0.579. The first-order valence-corrected chi connectivity index (χ1v) is 10.8. The molecule has 8 nitrogen and oxygen atoms in total. The number of rotatable bonds is 8. The van der Waals surface area contributed by atoms with Gasteiger partial charge in [0.1, 0.15) is 11.6 Å². The van der Waals surface area contributed by atoms with Gasteiger partial charge in [0.2, 0.25) is 0 Å². The molecule has 1 saturated heterocycles. The number of aromatic nitrogens is 1. The first-order chi connectivity index (χ1) is 15.5. The molecule has 0 aliphatic carbocycles. The summed E-state index contributed by atoms with van der Waals surface area (Å²) in [6, 6.07) is 7.63. The second-order valence-electron chi connectivity index (χ2n) is 7.44. The van der Waals surface area contributed by atoms with Crippen LogP contribution in [0.25, 0.3) is 10.9 Å². The molecular weight excluding hydrogens is 488 g/mol. The molecule has 0 saturated carbocycles. The highest BCUT2D eigenvalue weighted by molar-refractivity contribution is 6.32. The number of morpholine rings is 1. The van der Waals surface area contributed by atoms with Crippen molar-refractivity contribution < 1.29 is 29.2 Å². The van der Waals surface area contributed by atoms with Crippen LogP contribution < -0.4 is 14.8 Å². The highest BCUT2D eigenvalue weighted by Crippen LogP contribution is 2.37. The molecule has 0 spiro atoms. The number of phenols is 1. The lowest BCUT2D eigenvalue weighted by atomic mass is 10.1. The third-order valence-electron chi connectivity index (χ3n) is 5.31. The number of aromatic hydroxyl groups is 1. The summed E-state index contributed by atoms with van der Waals surface area (Å²) in [6.45, 7) is 4.95. The molecule has 0 amide bonds. The number of methoxy groups -OCH3 is 1. The third-order valence-corrected chi connectivity index (χ3v) is 5.62. The van der Waals surface area contributed by atoms with Crippen molar-refractivity contribution in [3.8, 4) is 17.2 Å². The summed E-state index contributed by atoms with van der Waals surface area (Å²) in [5.41, 5.74) is 1.37. The predicted octanol–water partition coefficient (Wildman–Crippen LogP) is 4.18. The average molecular weight is 516 g/mol. The number of benzene rings is 2. The monoisotopic (exact) mass is 515 g/mol. The first kappa shape index (κ1) is 27.7. The van der Waals surface area contributed by atoms with Crippen LogP contribution in [-0.4, -0.2) is 67.0 Å². The number of ether oxygens (including phenoxy) is 3. The Kier molecular flexibility index (Phi) is 10.4. The number of phenolic OH excluding ortho intramolecular Hbond substituents is 1. The van der Waals surface area contributed by atoms with E-state index in [1.807, 2.05) is 6.07 Å². The van der Waals surface area contributed by atoms with Crippen molar-refractivity contribution in [3.05, 3.63) is 47.4 Å². The molecular formula is C23H28Cl2FN3O5. The Bertz CT molecular complexity index is 1100. The lowest BCUT2D eigenvalue weighted by Crippen LogP contribution is -2.37. The number of fused-ring (bicyclic) bond motifs is 1. The lowest BCUT2D eigenvalue weighted by molar-refractivity contribution is 0.0357. The van der Waals surface area contributed by atoms with Crippen LogP contribution in [0.4, 0.5) is 15.8 Å². The van der Waals surface area contributed by atoms with E-state index >= 15 is 0 Å². The van der Waals surface area contributed by atoms with Gasteiger partial charge in [-0.1, -0.05) is 11.6 Å². The molecule has 3 aromatic rings. The molecule has 2 heterocycles. The number of hydrogen-bond acceptors (Lipinski definition) is 7. The van der Waals surface area contributed by atoms with Crippen molar-refractivity contribution in [2.45, 2.75) is 6.42 Å². The highest BCUT2D eigenvalue weighted by Gasteiger charge is 2.14. The number of halogens is 3. The van der Waals surface area contributed by atoms with Crippen LogP contribution in [0.1, 0.15) is 6.42 Å². The van der Waals surface area contributed by atoms with Gasteiger partial charge in [-0.3, -0.25) is 9.88 Å². The zero-order chi connectivity index (χ0) is 22.5. The Balaban J connectivity index is 0.00000204. The van der Waals surface area contributed by atoms with Crippen molar-refractivity contribution in [2.75, 3.05) is 51.9 Å². The maximum atomic E-state index is 14.3. The molecule has 4 rings (SSSR count). The van der Waals surface area contributed by atoms with Gasteiger partial charge in [-0.15, -0.1) is 12.4 Å². The maximum Gasteiger partial charge on any atom is 0.163 e. The van der Waals surface area contributed by atoms with Gasteiger partial charge in [0.05, 0.1) is 43.2 Å². The van der Waals surface area contributed by atoms with Crippen LogP contribution in [0.5, 0.6) is 17.2 Å². The van der Waals surface area contributed by atoms with Gasteiger partial charge in [-0.05, 0) is 24.6 Å². The summed E-state index contributed by atoms with van der Waals surface area (Å²) in [5.74, 6) is 0.366. The smallest absolute Gasteiger partial charge is 0.163 e. The molecule has 1 aliphatic heterocycles. The second kappa shape index (κ2) is 12.8. The van der Waals surface area contributed by atoms with Gasteiger partial charge >= 0.3 is 0 Å². The van der Waals surface area contributed by atoms with Crippen LogP contribution in [0.3, 0.4) is 0 Å². The molecule has 186 valence electrons. The van der Waals surface area contributed by atoms with E-state index in [2.05, 4.69) is 15.2 Å². The largest absolute Gasteiger partial charge is 0.506 e. The number of nitrogens with one attached hydrogen (secondary N) is 1. The van der Waals surface area contributed by atoms with Gasteiger partial charge < -0.3 is 30.1 Å². The minimum absolute atomic E-state index is 0. The number of hydrogen-bond donors (Lipinski definition) is 2. The molecule has 0 atom stereocenters. The molecule has 1 aliphatic rings. The Morgan fingerprint density at radius 3 is 2.68 bits per heavy atom. The molecule has 2 aromatic carbocycles. The minimum Gasteiger partial charge on any atom is -0.506 e. The lowest BCUT2D eigenvalue weighted by Gasteiger charge is -2.26. The summed E-state index contributed by atoms with van der Waals surface area (Å²) < 4.78 is 31.2. The van der Waals surface area contributed by atoms with Gasteiger partial charge in [-0.25, -0.2) is 4.39 Å². The van der Waals surface area contributed by atoms with Crippen molar-refractivity contribution in [3.63, 3.8) is 0 Å². The molecule has 11 heteroatoms. The Labute approximate surface area is 208 Å². The van der Waals surface area contributed by atoms with E-state index in [1.54, 1.807) is 25.4 Å². The molecule has 0 bridgehead atoms. The van der Waals surface area contributed by atoms with E-state index in [4.69, 9.17) is 25.8 Å². The summed E-state index contributed by atoms with van der Waals surface area (Å²) >= 11 is 5.77. The van der Waals surface area contributed by atoms with Gasteiger partial charge in [0, 0.05) is 49.0 Å². The molecule has 4 N–H and O–H groups in total. The maximum absolute atomic E-state index is 14.3. The topological polar surface area (TPSA) is 108 Å². The van der Waals surface area contributed by atoms with E-state index in [1.165, 1.54) is 6.07 Å². The van der Waals surface area contributed by atoms with Crippen LogP contribution in [0, 0.1) is 5.82 Å². The number of pyridine rings is 1. The standard InChI is InChI=1S/C23H25ClFN3O4.ClH.H2O/c1-30-22-11-15-18(27-20-13-21(29)16(24)12-17(20)25)3-4-26-19(15)14-23(22)32-8-2-5-28-6-9-31-10-7-28;;/h3-4,11-14,29H,2,5-10H2,1H3,(H,26,27);1H;1H2. The fourth-order valence-corrected chi connectivity index (χ4v) is 3.76. The van der Waals surface area contributed by atoms with E-state index in [9.17, 15) is 9.50 Å². The second-order valence-corrected chi connectivity index (χ2v) is 7.85. The van der Waals surface area contributed by atoms with E-state index in [0.29, 0.717) is 29.3 Å². The summed E-state index contributed by atoms with van der Waals surface area (Å²) in [4.78, 5) is 6.77. The summed E-state index contributed by atoms with van der Waals surface area (Å²) in [5, 5.41) is 13.5. The van der Waals surface area contributed by atoms with Crippen molar-refractivity contribution in [1.82, 2.24) is 9.88 Å². The summed E-state index contributed by atoms with van der Waals surface area (Å²) in [7, 11) is 1.57. The summed E-state index contributed by atoms with van der Waals surface area (Å²) in [6.07, 6.45) is 2.50. The van der Waals surface area contributed by atoms with Crippen LogP contribution >= 0.6 is 24.0 Å². The highest BCUT2D eigenvalue weighted by atomic mass is 35.5. The van der Waals surface area contributed by atoms with Gasteiger partial charge in [-0.2, -0.15) is 0 Å². The fraction of sp³-hybridized carbons (Fsp3) is 0.348. The third kappa shape index (κ3) is 6.52. The Hall–Kier alpha value is -2.56. The average Bonchev–Trinajstić information content (AvgIpc) is 2.80. The Morgan fingerprint density at radius 2 is 1.94 bits per heavy atom. The molecule has 0 radical (unpaired) electrons. The van der Waals surface area contributed by atoms with Crippen LogP contribution in [0.2, 0.25) is 5.02 Å². The first-order valence-electron chi connectivity index (χ1n) is 10.4. The zero-order valence-corrected chi connectivity index (χ0v) is 20.2. The van der Waals surface area contributed by atoms with E-state index in [0.717, 1.165) is 50.7 Å². The SMILES string of the molecule is COc1cc2c(Nc3cc(O)c(Cl)cc3F)ccnc2cc1OCCCN1CCOCC1.Cl.O. The van der Waals surface area contributed by atoms with Gasteiger partial charge in [0.15, 0.2) is 11.5 Å². The Morgan fingerprint density at radius 1 is 1.18 bits per heavy atom. The number of anilines is 2. The van der Waals surface area contributed by atoms with E-state index in [-0.39, 0.29) is 34.3 Å². The van der Waals surface area contributed by atoms with Crippen molar-refractivity contribution in [1.29, 1.82) is 0 Å². The van der Waals surface area contributed by atoms with Gasteiger partial charge in [0.25, 0.3) is 0 Å². The number of nitrogens with zero attached hydrogens (tertiary/aromatic N) is 2. The molecule has 34 heavy (non-hydrogen) atoms. The predicted molar refractivity (Wildman–Crippen MR) is 133 cm³/mol. The zero-order valence-electron chi connectivity index (χ0n) is 18.6. The van der Waals surface area contributed by atoms with Crippen LogP contribution in [0.15, 0.2) is 36.5 Å². The van der Waals surface area contributed by atoms with Crippen LogP contribution in [-0.2, 0) is 4.74 Å². The normalized spacial score (nSPS) is 13.6. The van der Waals surface area contributed by atoms with E-state index < -0.39 is 5.82 Å². The quantitative estimate of drug-likeness (QED) is 0.433. The molecule has 1 fully saturated rings. The fourth-order valence-electron chi connectivity index (χ4n) is 3.61. The van der Waals surface area contributed by atoms with Crippen molar-refractivity contribution in [2.24, 2.45) is 0 Å². The molecule has 0 unspecified atom stereocenters. The van der Waals surface area contributed by atoms with Crippen molar-refractivity contribution >= 4 is 46.3 Å².